The summed E-state index contributed by atoms with van der Waals surface area (Å²) in [5, 5.41) is 25.1. The van der Waals surface area contributed by atoms with E-state index in [1.807, 2.05) is 12.1 Å². The number of fused-ring (bicyclic) bond motifs is 1. The van der Waals surface area contributed by atoms with Crippen molar-refractivity contribution in [2.24, 2.45) is 5.16 Å². The average molecular weight is 679 g/mol. The first-order valence-electron chi connectivity index (χ1n) is 13.7. The molecule has 0 spiro atoms. The summed E-state index contributed by atoms with van der Waals surface area (Å²) in [5.41, 5.74) is 4.37. The molecule has 2 aliphatic rings. The number of anilines is 2. The first-order valence-corrected chi connectivity index (χ1v) is 16.0. The van der Waals surface area contributed by atoms with Crippen LogP contribution in [0.1, 0.15) is 26.0 Å². The minimum Gasteiger partial charge on any atom is -0.489 e. The van der Waals surface area contributed by atoms with Crippen LogP contribution in [0.3, 0.4) is 0 Å². The fourth-order valence-electron chi connectivity index (χ4n) is 4.72. The Bertz CT molecular complexity index is 1790. The highest BCUT2D eigenvalue weighted by molar-refractivity contribution is 7.80. The summed E-state index contributed by atoms with van der Waals surface area (Å²) in [4.78, 5) is 51.5. The number of nitrogens with one attached hydrogen (secondary N) is 3. The van der Waals surface area contributed by atoms with Gasteiger partial charge in [-0.2, -0.15) is 13.5 Å². The van der Waals surface area contributed by atoms with Crippen molar-refractivity contribution >= 4 is 67.1 Å². The highest BCUT2D eigenvalue weighted by atomic mass is 32.3. The number of hydrogen-bond acceptors (Lipinski definition) is 15. The predicted molar refractivity (Wildman–Crippen MR) is 163 cm³/mol. The van der Waals surface area contributed by atoms with Crippen LogP contribution in [0.25, 0.3) is 10.9 Å². The maximum atomic E-state index is 13.2. The highest BCUT2D eigenvalue weighted by Gasteiger charge is 2.58. The van der Waals surface area contributed by atoms with Crippen LogP contribution in [0.5, 0.6) is 5.75 Å². The number of aromatic nitrogens is 2. The third kappa shape index (κ3) is 7.42. The van der Waals surface area contributed by atoms with Gasteiger partial charge in [-0.05, 0) is 57.1 Å². The van der Waals surface area contributed by atoms with E-state index in [9.17, 15) is 27.9 Å². The number of hydrogen-bond donors (Lipinski definition) is 6. The number of ether oxygens (including phenoxy) is 1. The Morgan fingerprint density at radius 3 is 2.70 bits per heavy atom. The molecule has 0 aliphatic carbocycles. The van der Waals surface area contributed by atoms with Crippen LogP contribution in [-0.2, 0) is 33.9 Å². The van der Waals surface area contributed by atoms with Crippen LogP contribution < -0.4 is 26.4 Å². The minimum atomic E-state index is -5.01. The van der Waals surface area contributed by atoms with Gasteiger partial charge in [0.2, 0.25) is 0 Å². The van der Waals surface area contributed by atoms with Crippen LogP contribution in [0.2, 0.25) is 0 Å². The fourth-order valence-corrected chi connectivity index (χ4v) is 5.72. The molecule has 2 aromatic heterocycles. The summed E-state index contributed by atoms with van der Waals surface area (Å²) in [6.07, 6.45) is -0.681. The number of aliphatic carboxylic acids is 1. The molecule has 2 unspecified atom stereocenters. The molecule has 3 aromatic rings. The molecule has 0 bridgehead atoms. The van der Waals surface area contributed by atoms with Gasteiger partial charge < -0.3 is 36.4 Å². The number of nitrogen functional groups attached to an aromatic ring is 1. The first-order chi connectivity index (χ1) is 21.7. The van der Waals surface area contributed by atoms with Gasteiger partial charge in [0.05, 0.1) is 11.1 Å². The smallest absolute Gasteiger partial charge is 0.418 e. The van der Waals surface area contributed by atoms with Crippen LogP contribution >= 0.6 is 11.3 Å². The Labute approximate surface area is 265 Å². The van der Waals surface area contributed by atoms with Crippen LogP contribution in [-0.4, -0.2) is 100 Å². The van der Waals surface area contributed by atoms with E-state index in [1.165, 1.54) is 19.2 Å². The Morgan fingerprint density at radius 1 is 1.28 bits per heavy atom. The van der Waals surface area contributed by atoms with Crippen molar-refractivity contribution in [3.05, 3.63) is 41.4 Å². The number of carboxylic acids is 1. The van der Waals surface area contributed by atoms with Gasteiger partial charge in [0.1, 0.15) is 29.9 Å². The summed E-state index contributed by atoms with van der Waals surface area (Å²) >= 11 is 0.961. The Hall–Kier alpha value is -4.63. The number of benzene rings is 1. The molecule has 0 radical (unpaired) electrons. The van der Waals surface area contributed by atoms with Gasteiger partial charge in [0.15, 0.2) is 10.8 Å². The summed E-state index contributed by atoms with van der Waals surface area (Å²) in [5.74, 6) is -2.39. The lowest BCUT2D eigenvalue weighted by Gasteiger charge is -2.50. The molecular formula is C26H30N8O10S2. The number of carbonyl (C=O) groups is 3. The number of pyridine rings is 1. The molecule has 2 saturated heterocycles. The van der Waals surface area contributed by atoms with Crippen LogP contribution in [0, 0.1) is 0 Å². The molecule has 2 amide bonds. The normalized spacial score (nSPS) is 20.2. The first kappa shape index (κ1) is 32.8. The van der Waals surface area contributed by atoms with Gasteiger partial charge in [0, 0.05) is 23.4 Å². The molecule has 2 fully saturated rings. The van der Waals surface area contributed by atoms with Gasteiger partial charge in [-0.3, -0.25) is 14.1 Å². The molecule has 5 rings (SSSR count). The van der Waals surface area contributed by atoms with Gasteiger partial charge in [-0.25, -0.2) is 14.8 Å². The summed E-state index contributed by atoms with van der Waals surface area (Å²) in [6.45, 7) is 4.03. The predicted octanol–water partition coefficient (Wildman–Crippen LogP) is 0.140. The topological polar surface area (TPSA) is 257 Å². The number of nitrogens with two attached hydrogens (primary N) is 1. The Morgan fingerprint density at radius 2 is 2.07 bits per heavy atom. The summed E-state index contributed by atoms with van der Waals surface area (Å²) < 4.78 is 41.1. The van der Waals surface area contributed by atoms with E-state index in [1.54, 1.807) is 18.2 Å². The molecule has 246 valence electrons. The van der Waals surface area contributed by atoms with Crippen molar-refractivity contribution in [3.63, 3.8) is 0 Å². The van der Waals surface area contributed by atoms with E-state index in [4.69, 9.17) is 19.9 Å². The number of carbonyl (C=O) groups excluding carboxylic acids is 2. The lowest BCUT2D eigenvalue weighted by molar-refractivity contribution is -0.218. The standard InChI is InChI=1S/C26H30N8O10S2/c1-26(2)21(23(36)34(26)44-46(39,40)41)32-22(35)20(17-12-45-25(27)31-17)33-43-18(24(37)38)11-42-15-4-5-16-13(9-15)3-6-19(30-16)29-14-7-8-28-10-14/h3-6,9,12,14,18,21,28H,7-8,10-11H2,1-2H3,(H2,27,31)(H,29,30)(H,32,35)(H,37,38)(H,39,40,41)/b33-20-/t14?,18?,21-/m1/s1. The van der Waals surface area contributed by atoms with Crippen molar-refractivity contribution in [1.29, 1.82) is 0 Å². The monoisotopic (exact) mass is 678 g/mol. The van der Waals surface area contributed by atoms with Crippen molar-refractivity contribution < 1.29 is 46.3 Å². The molecule has 46 heavy (non-hydrogen) atoms. The number of amides is 2. The minimum absolute atomic E-state index is 0.0608. The SMILES string of the molecule is CC1(C)[C@H](NC(=O)/C(=N\OC(COc2ccc3nc(NC4CCNC4)ccc3c2)C(=O)O)c2csc(N)n2)C(=O)N1OS(=O)(=O)O. The van der Waals surface area contributed by atoms with Crippen molar-refractivity contribution in [2.75, 3.05) is 30.7 Å². The maximum Gasteiger partial charge on any atom is 0.418 e. The van der Waals surface area contributed by atoms with E-state index in [-0.39, 0.29) is 10.8 Å². The molecule has 4 heterocycles. The lowest BCUT2D eigenvalue weighted by atomic mass is 9.84. The Kier molecular flexibility index (Phi) is 9.26. The highest BCUT2D eigenvalue weighted by Crippen LogP contribution is 2.33. The zero-order chi connectivity index (χ0) is 33.2. The Balaban J connectivity index is 1.27. The van der Waals surface area contributed by atoms with E-state index < -0.39 is 58.2 Å². The van der Waals surface area contributed by atoms with Gasteiger partial charge >= 0.3 is 16.4 Å². The van der Waals surface area contributed by atoms with Gasteiger partial charge in [0.25, 0.3) is 17.9 Å². The van der Waals surface area contributed by atoms with Crippen molar-refractivity contribution in [3.8, 4) is 5.75 Å². The van der Waals surface area contributed by atoms with Crippen molar-refractivity contribution in [2.45, 2.75) is 44.0 Å². The zero-order valence-electron chi connectivity index (χ0n) is 24.4. The van der Waals surface area contributed by atoms with Gasteiger partial charge in [-0.1, -0.05) is 5.16 Å². The van der Waals surface area contributed by atoms with Crippen LogP contribution in [0.15, 0.2) is 40.9 Å². The second kappa shape index (κ2) is 13.0. The molecule has 3 atom stereocenters. The van der Waals surface area contributed by atoms with Gasteiger partial charge in [-0.15, -0.1) is 15.6 Å². The van der Waals surface area contributed by atoms with Crippen molar-refractivity contribution in [1.82, 2.24) is 25.7 Å². The molecule has 18 nitrogen and oxygen atoms in total. The quantitative estimate of drug-likeness (QED) is 0.0608. The average Bonchev–Trinajstić information content (AvgIpc) is 3.67. The largest absolute Gasteiger partial charge is 0.489 e. The summed E-state index contributed by atoms with van der Waals surface area (Å²) in [6, 6.07) is 7.73. The maximum absolute atomic E-state index is 13.2. The molecule has 7 N–H and O–H groups in total. The number of rotatable bonds is 13. The second-order valence-corrected chi connectivity index (χ2v) is 12.7. The van der Waals surface area contributed by atoms with E-state index >= 15 is 0 Å². The van der Waals surface area contributed by atoms with E-state index in [2.05, 4.69) is 35.4 Å². The fraction of sp³-hybridized carbons (Fsp3) is 0.385. The number of hydroxylamine groups is 2. The zero-order valence-corrected chi connectivity index (χ0v) is 26.0. The third-order valence-corrected chi connectivity index (χ3v) is 8.13. The second-order valence-electron chi connectivity index (χ2n) is 10.8. The number of nitrogens with zero attached hydrogens (tertiary/aromatic N) is 4. The molecule has 20 heteroatoms. The van der Waals surface area contributed by atoms with Crippen LogP contribution in [0.4, 0.5) is 10.9 Å². The molecular weight excluding hydrogens is 648 g/mol. The van der Waals surface area contributed by atoms with E-state index in [0.717, 1.165) is 42.1 Å². The number of thiazole rings is 1. The number of oxime groups is 1. The molecule has 0 saturated carbocycles. The molecule has 2 aliphatic heterocycles. The number of carboxylic acid groups (broad SMARTS) is 1. The number of β-lactam (4-membered cyclic amide) rings is 1. The summed E-state index contributed by atoms with van der Waals surface area (Å²) in [7, 11) is -5.01. The third-order valence-electron chi connectivity index (χ3n) is 7.12. The van der Waals surface area contributed by atoms with E-state index in [0.29, 0.717) is 22.4 Å². The molecule has 1 aromatic carbocycles. The lowest BCUT2D eigenvalue weighted by Crippen LogP contribution is -2.76.